The monoisotopic (exact) mass is 422 g/mol. The highest BCUT2D eigenvalue weighted by atomic mass is 32.2. The first kappa shape index (κ1) is 19.7. The van der Waals surface area contributed by atoms with Crippen molar-refractivity contribution in [3.05, 3.63) is 81.8 Å². The van der Waals surface area contributed by atoms with E-state index in [1.165, 1.54) is 10.5 Å². The van der Waals surface area contributed by atoms with Crippen molar-refractivity contribution in [3.8, 4) is 5.75 Å². The third-order valence-electron chi connectivity index (χ3n) is 4.64. The molecule has 0 radical (unpaired) electrons. The Morgan fingerprint density at radius 1 is 1.24 bits per heavy atom. The number of ether oxygens (including phenoxy) is 1. The van der Waals surface area contributed by atoms with Crippen molar-refractivity contribution in [2.75, 3.05) is 5.75 Å². The van der Waals surface area contributed by atoms with Crippen LogP contribution < -0.4 is 10.1 Å². The lowest BCUT2D eigenvalue weighted by Crippen LogP contribution is -2.29. The summed E-state index contributed by atoms with van der Waals surface area (Å²) < 4.78 is 5.76. The van der Waals surface area contributed by atoms with Crippen LogP contribution in [0.2, 0.25) is 0 Å². The summed E-state index contributed by atoms with van der Waals surface area (Å²) >= 11 is 3.47. The van der Waals surface area contributed by atoms with Gasteiger partial charge in [0.15, 0.2) is 0 Å². The lowest BCUT2D eigenvalue weighted by molar-refractivity contribution is -0.117. The Labute approximate surface area is 179 Å². The van der Waals surface area contributed by atoms with Crippen LogP contribution in [0.5, 0.6) is 5.75 Å². The number of hydrogen-bond acceptors (Lipinski definition) is 5. The van der Waals surface area contributed by atoms with Gasteiger partial charge in [0.25, 0.3) is 0 Å². The zero-order chi connectivity index (χ0) is 20.1. The predicted molar refractivity (Wildman–Crippen MR) is 119 cm³/mol. The number of nitrogens with zero attached hydrogens (tertiary/aromatic N) is 1. The molecule has 0 saturated heterocycles. The van der Waals surface area contributed by atoms with Crippen molar-refractivity contribution in [1.82, 2.24) is 10.3 Å². The molecule has 0 aliphatic carbocycles. The summed E-state index contributed by atoms with van der Waals surface area (Å²) in [6.45, 7) is 2.44. The Hall–Kier alpha value is -2.57. The molecule has 4 nitrogen and oxygen atoms in total. The van der Waals surface area contributed by atoms with Gasteiger partial charge in [-0.15, -0.1) is 23.1 Å². The molecule has 0 fully saturated rings. The van der Waals surface area contributed by atoms with Gasteiger partial charge in [-0.05, 0) is 48.7 Å². The van der Waals surface area contributed by atoms with E-state index in [1.807, 2.05) is 66.5 Å². The summed E-state index contributed by atoms with van der Waals surface area (Å²) in [5.74, 6) is 1.73. The summed E-state index contributed by atoms with van der Waals surface area (Å²) in [6.07, 6.45) is 4.37. The molecule has 6 heteroatoms. The molecule has 3 aromatic rings. The number of amides is 1. The zero-order valence-corrected chi connectivity index (χ0v) is 17.8. The van der Waals surface area contributed by atoms with Crippen LogP contribution >= 0.6 is 23.1 Å². The van der Waals surface area contributed by atoms with E-state index in [0.717, 1.165) is 34.2 Å². The lowest BCUT2D eigenvalue weighted by atomic mass is 10.0. The first-order valence-corrected chi connectivity index (χ1v) is 11.4. The molecule has 1 amide bonds. The van der Waals surface area contributed by atoms with Gasteiger partial charge in [-0.1, -0.05) is 30.3 Å². The third kappa shape index (κ3) is 5.28. The number of aromatic nitrogens is 1. The van der Waals surface area contributed by atoms with E-state index in [2.05, 4.69) is 22.4 Å². The molecule has 148 valence electrons. The zero-order valence-electron chi connectivity index (χ0n) is 16.1. The van der Waals surface area contributed by atoms with Crippen LogP contribution in [0, 0.1) is 6.92 Å². The van der Waals surface area contributed by atoms with Gasteiger partial charge in [-0.25, -0.2) is 4.98 Å². The number of fused-ring (bicyclic) bond motifs is 1. The SMILES string of the molecule is Cc1nc(COc2ccc(/C=C/C(=O)NC3CCSc4ccccc43)cc2)cs1. The van der Waals surface area contributed by atoms with Gasteiger partial charge in [-0.2, -0.15) is 0 Å². The van der Waals surface area contributed by atoms with Crippen LogP contribution in [-0.2, 0) is 11.4 Å². The van der Waals surface area contributed by atoms with Crippen molar-refractivity contribution >= 4 is 35.1 Å². The van der Waals surface area contributed by atoms with Gasteiger partial charge in [0, 0.05) is 22.1 Å². The van der Waals surface area contributed by atoms with Crippen molar-refractivity contribution in [3.63, 3.8) is 0 Å². The molecule has 0 bridgehead atoms. The van der Waals surface area contributed by atoms with Crippen LogP contribution in [0.4, 0.5) is 0 Å². The number of carbonyl (C=O) groups excluding carboxylic acids is 1. The van der Waals surface area contributed by atoms with Gasteiger partial charge in [0.2, 0.25) is 5.91 Å². The van der Waals surface area contributed by atoms with Crippen LogP contribution in [-0.4, -0.2) is 16.6 Å². The number of benzene rings is 2. The minimum Gasteiger partial charge on any atom is -0.487 e. The molecule has 0 spiro atoms. The van der Waals surface area contributed by atoms with Crippen LogP contribution in [0.3, 0.4) is 0 Å². The van der Waals surface area contributed by atoms with E-state index in [4.69, 9.17) is 4.74 Å². The summed E-state index contributed by atoms with van der Waals surface area (Å²) in [5, 5.41) is 6.18. The maximum atomic E-state index is 12.4. The number of hydrogen-bond donors (Lipinski definition) is 1. The quantitative estimate of drug-likeness (QED) is 0.541. The number of carbonyl (C=O) groups is 1. The van der Waals surface area contributed by atoms with Crippen molar-refractivity contribution in [2.45, 2.75) is 30.9 Å². The maximum absolute atomic E-state index is 12.4. The standard InChI is InChI=1S/C23H22N2O2S2/c1-16-24-18(15-29-16)14-27-19-9-6-17(7-10-19)8-11-23(26)25-21-12-13-28-22-5-3-2-4-20(21)22/h2-11,15,21H,12-14H2,1H3,(H,25,26)/b11-8+. The Morgan fingerprint density at radius 3 is 2.86 bits per heavy atom. The number of thioether (sulfide) groups is 1. The maximum Gasteiger partial charge on any atom is 0.244 e. The third-order valence-corrected chi connectivity index (χ3v) is 6.58. The molecule has 2 aromatic carbocycles. The van der Waals surface area contributed by atoms with E-state index in [0.29, 0.717) is 6.61 Å². The normalized spacial score (nSPS) is 15.8. The van der Waals surface area contributed by atoms with Crippen LogP contribution in [0.1, 0.15) is 34.3 Å². The van der Waals surface area contributed by atoms with E-state index >= 15 is 0 Å². The van der Waals surface area contributed by atoms with Crippen molar-refractivity contribution in [2.24, 2.45) is 0 Å². The molecule has 1 atom stereocenters. The van der Waals surface area contributed by atoms with Gasteiger partial charge < -0.3 is 10.1 Å². The molecule has 1 N–H and O–H groups in total. The molecule has 29 heavy (non-hydrogen) atoms. The molecule has 4 rings (SSSR count). The lowest BCUT2D eigenvalue weighted by Gasteiger charge is -2.25. The number of nitrogens with one attached hydrogen (secondary N) is 1. The summed E-state index contributed by atoms with van der Waals surface area (Å²) in [5.41, 5.74) is 3.11. The van der Waals surface area contributed by atoms with Gasteiger partial charge in [-0.3, -0.25) is 4.79 Å². The van der Waals surface area contributed by atoms with E-state index in [9.17, 15) is 4.79 Å². The average molecular weight is 423 g/mol. The second kappa shape index (κ2) is 9.29. The van der Waals surface area contributed by atoms with Gasteiger partial charge >= 0.3 is 0 Å². The molecule has 1 unspecified atom stereocenters. The highest BCUT2D eigenvalue weighted by molar-refractivity contribution is 7.99. The summed E-state index contributed by atoms with van der Waals surface area (Å²) in [6, 6.07) is 16.1. The average Bonchev–Trinajstić information content (AvgIpc) is 3.17. The Kier molecular flexibility index (Phi) is 6.32. The molecular formula is C23H22N2O2S2. The number of thiazole rings is 1. The smallest absolute Gasteiger partial charge is 0.244 e. The highest BCUT2D eigenvalue weighted by Gasteiger charge is 2.20. The summed E-state index contributed by atoms with van der Waals surface area (Å²) in [7, 11) is 0. The highest BCUT2D eigenvalue weighted by Crippen LogP contribution is 2.35. The van der Waals surface area contributed by atoms with E-state index < -0.39 is 0 Å². The predicted octanol–water partition coefficient (Wildman–Crippen LogP) is 5.40. The molecule has 0 saturated carbocycles. The molecular weight excluding hydrogens is 400 g/mol. The van der Waals surface area contributed by atoms with E-state index in [-0.39, 0.29) is 11.9 Å². The fourth-order valence-electron chi connectivity index (χ4n) is 3.19. The fraction of sp³-hybridized carbons (Fsp3) is 0.217. The van der Waals surface area contributed by atoms with Crippen molar-refractivity contribution in [1.29, 1.82) is 0 Å². The Balaban J connectivity index is 1.31. The minimum absolute atomic E-state index is 0.0732. The number of rotatable bonds is 6. The van der Waals surface area contributed by atoms with Crippen LogP contribution in [0.15, 0.2) is 64.9 Å². The topological polar surface area (TPSA) is 51.2 Å². The van der Waals surface area contributed by atoms with Crippen molar-refractivity contribution < 1.29 is 9.53 Å². The molecule has 1 aliphatic heterocycles. The van der Waals surface area contributed by atoms with Gasteiger partial charge in [0.05, 0.1) is 16.7 Å². The largest absolute Gasteiger partial charge is 0.487 e. The first-order valence-electron chi connectivity index (χ1n) is 9.51. The Bertz CT molecular complexity index is 1010. The second-order valence-electron chi connectivity index (χ2n) is 6.79. The first-order chi connectivity index (χ1) is 14.2. The molecule has 1 aromatic heterocycles. The summed E-state index contributed by atoms with van der Waals surface area (Å²) in [4.78, 5) is 18.0. The fourth-order valence-corrected chi connectivity index (χ4v) is 4.91. The Morgan fingerprint density at radius 2 is 2.07 bits per heavy atom. The van der Waals surface area contributed by atoms with Crippen LogP contribution in [0.25, 0.3) is 6.08 Å². The van der Waals surface area contributed by atoms with E-state index in [1.54, 1.807) is 17.4 Å². The molecule has 2 heterocycles. The minimum atomic E-state index is -0.0732. The number of aryl methyl sites for hydroxylation is 1. The second-order valence-corrected chi connectivity index (χ2v) is 8.98. The van der Waals surface area contributed by atoms with Gasteiger partial charge in [0.1, 0.15) is 12.4 Å². The molecule has 1 aliphatic rings.